The molecule has 0 radical (unpaired) electrons. The number of hydrogen-bond donors (Lipinski definition) is 0. The third kappa shape index (κ3) is 4.69. The Bertz CT molecular complexity index is 1380. The number of rotatable bonds is 7. The first-order valence-electron chi connectivity index (χ1n) is 11.1. The molecule has 1 saturated carbocycles. The predicted octanol–water partition coefficient (Wildman–Crippen LogP) is 5.94. The number of imidazole rings is 1. The standard InChI is InChI=1S/C24H22BrF3N6O/c1-3-33-12-18(24(26,27)28)31-22(33)15-6-7-16(11-34-9-8-19(25)32-34)17(10-15)20-21(14-4-5-14)29-13-30-23(20)35-2/h6-10,12-14H,3-5,11H2,1-2H3. The van der Waals surface area contributed by atoms with Gasteiger partial charge in [-0.15, -0.1) is 0 Å². The Morgan fingerprint density at radius 1 is 1.17 bits per heavy atom. The fourth-order valence-corrected chi connectivity index (χ4v) is 4.49. The van der Waals surface area contributed by atoms with Crippen LogP contribution >= 0.6 is 15.9 Å². The number of aryl methyl sites for hydroxylation is 1. The van der Waals surface area contributed by atoms with E-state index in [1.165, 1.54) is 10.9 Å². The van der Waals surface area contributed by atoms with Gasteiger partial charge in [0.15, 0.2) is 5.69 Å². The molecule has 0 N–H and O–H groups in total. The summed E-state index contributed by atoms with van der Waals surface area (Å²) in [5.41, 5.74) is 2.98. The van der Waals surface area contributed by atoms with Crippen molar-refractivity contribution in [2.75, 3.05) is 7.11 Å². The van der Waals surface area contributed by atoms with Crippen LogP contribution in [0.4, 0.5) is 13.2 Å². The minimum atomic E-state index is -4.53. The molecule has 7 nitrogen and oxygen atoms in total. The lowest BCUT2D eigenvalue weighted by Crippen LogP contribution is -2.06. The Morgan fingerprint density at radius 2 is 1.97 bits per heavy atom. The van der Waals surface area contributed by atoms with Crippen molar-refractivity contribution >= 4 is 15.9 Å². The molecule has 3 aromatic heterocycles. The van der Waals surface area contributed by atoms with Crippen molar-refractivity contribution in [2.24, 2.45) is 0 Å². The van der Waals surface area contributed by atoms with Gasteiger partial charge in [0.1, 0.15) is 16.8 Å². The fourth-order valence-electron chi connectivity index (χ4n) is 4.17. The number of aromatic nitrogens is 6. The van der Waals surface area contributed by atoms with Crippen molar-refractivity contribution in [3.05, 3.63) is 64.5 Å². The quantitative estimate of drug-likeness (QED) is 0.287. The number of hydrogen-bond acceptors (Lipinski definition) is 5. The summed E-state index contributed by atoms with van der Waals surface area (Å²) in [6.07, 6.45) is 1.89. The van der Waals surface area contributed by atoms with Crippen molar-refractivity contribution < 1.29 is 17.9 Å². The summed E-state index contributed by atoms with van der Waals surface area (Å²) in [5, 5.41) is 4.42. The summed E-state index contributed by atoms with van der Waals surface area (Å²) in [6.45, 7) is 2.58. The molecule has 35 heavy (non-hydrogen) atoms. The van der Waals surface area contributed by atoms with Gasteiger partial charge in [-0.1, -0.05) is 12.1 Å². The zero-order chi connectivity index (χ0) is 24.7. The molecule has 0 saturated heterocycles. The van der Waals surface area contributed by atoms with Crippen molar-refractivity contribution in [3.63, 3.8) is 0 Å². The number of benzene rings is 1. The highest BCUT2D eigenvalue weighted by Crippen LogP contribution is 2.47. The van der Waals surface area contributed by atoms with Crippen molar-refractivity contribution in [3.8, 4) is 28.4 Å². The maximum atomic E-state index is 13.4. The molecule has 5 rings (SSSR count). The summed E-state index contributed by atoms with van der Waals surface area (Å²) in [7, 11) is 1.55. The highest BCUT2D eigenvalue weighted by Gasteiger charge is 2.35. The second kappa shape index (κ2) is 9.10. The van der Waals surface area contributed by atoms with Gasteiger partial charge in [-0.25, -0.2) is 15.0 Å². The maximum absolute atomic E-state index is 13.4. The van der Waals surface area contributed by atoms with E-state index in [2.05, 4.69) is 36.0 Å². The number of alkyl halides is 3. The molecule has 0 unspecified atom stereocenters. The lowest BCUT2D eigenvalue weighted by Gasteiger charge is -2.17. The van der Waals surface area contributed by atoms with E-state index in [1.54, 1.807) is 24.8 Å². The second-order valence-corrected chi connectivity index (χ2v) is 9.17. The zero-order valence-electron chi connectivity index (χ0n) is 19.1. The Kier molecular flexibility index (Phi) is 6.12. The molecule has 0 bridgehead atoms. The third-order valence-electron chi connectivity index (χ3n) is 5.98. The van der Waals surface area contributed by atoms with Gasteiger partial charge in [-0.05, 0) is 59.0 Å². The molecular weight excluding hydrogens is 525 g/mol. The van der Waals surface area contributed by atoms with E-state index >= 15 is 0 Å². The molecule has 1 aliphatic carbocycles. The van der Waals surface area contributed by atoms with Crippen LogP contribution in [-0.4, -0.2) is 36.4 Å². The van der Waals surface area contributed by atoms with Crippen LogP contribution in [0, 0.1) is 0 Å². The predicted molar refractivity (Wildman–Crippen MR) is 127 cm³/mol. The average molecular weight is 547 g/mol. The molecular formula is C24H22BrF3N6O. The van der Waals surface area contributed by atoms with E-state index in [4.69, 9.17) is 4.74 Å². The van der Waals surface area contributed by atoms with Crippen LogP contribution < -0.4 is 4.74 Å². The highest BCUT2D eigenvalue weighted by atomic mass is 79.9. The fraction of sp³-hybridized carbons (Fsp3) is 0.333. The van der Waals surface area contributed by atoms with Gasteiger partial charge in [0, 0.05) is 30.4 Å². The van der Waals surface area contributed by atoms with Crippen molar-refractivity contribution in [1.82, 2.24) is 29.3 Å². The molecule has 1 aromatic carbocycles. The smallest absolute Gasteiger partial charge is 0.434 e. The van der Waals surface area contributed by atoms with Crippen molar-refractivity contribution in [1.29, 1.82) is 0 Å². The normalized spacial score (nSPS) is 13.9. The number of halogens is 4. The molecule has 0 spiro atoms. The lowest BCUT2D eigenvalue weighted by molar-refractivity contribution is -0.140. The first-order valence-corrected chi connectivity index (χ1v) is 11.9. The monoisotopic (exact) mass is 546 g/mol. The lowest BCUT2D eigenvalue weighted by atomic mass is 9.94. The second-order valence-electron chi connectivity index (χ2n) is 8.36. The summed E-state index contributed by atoms with van der Waals surface area (Å²) < 4.78 is 49.8. The topological polar surface area (TPSA) is 70.7 Å². The Hall–Kier alpha value is -3.21. The first kappa shape index (κ1) is 23.5. The molecule has 0 amide bonds. The van der Waals surface area contributed by atoms with E-state index < -0.39 is 11.9 Å². The minimum absolute atomic E-state index is 0.248. The Morgan fingerprint density at radius 3 is 2.60 bits per heavy atom. The number of ether oxygens (including phenoxy) is 1. The summed E-state index contributed by atoms with van der Waals surface area (Å²) in [4.78, 5) is 12.8. The molecule has 182 valence electrons. The number of nitrogens with zero attached hydrogens (tertiary/aromatic N) is 6. The van der Waals surface area contributed by atoms with Gasteiger partial charge in [-0.3, -0.25) is 4.68 Å². The largest absolute Gasteiger partial charge is 0.480 e. The summed E-state index contributed by atoms with van der Waals surface area (Å²) in [6, 6.07) is 7.38. The van der Waals surface area contributed by atoms with Crippen LogP contribution in [0.3, 0.4) is 0 Å². The third-order valence-corrected chi connectivity index (χ3v) is 6.41. The molecule has 4 aromatic rings. The maximum Gasteiger partial charge on any atom is 0.434 e. The molecule has 3 heterocycles. The van der Waals surface area contributed by atoms with Gasteiger partial charge in [-0.2, -0.15) is 18.3 Å². The van der Waals surface area contributed by atoms with Gasteiger partial charge in [0.05, 0.1) is 24.9 Å². The van der Waals surface area contributed by atoms with Crippen LogP contribution in [0.25, 0.3) is 22.5 Å². The van der Waals surface area contributed by atoms with E-state index in [0.29, 0.717) is 35.1 Å². The van der Waals surface area contributed by atoms with Gasteiger partial charge in [0.25, 0.3) is 0 Å². The van der Waals surface area contributed by atoms with E-state index in [1.807, 2.05) is 24.4 Å². The van der Waals surface area contributed by atoms with Crippen LogP contribution in [0.1, 0.15) is 42.6 Å². The van der Waals surface area contributed by atoms with Crippen LogP contribution in [-0.2, 0) is 19.3 Å². The van der Waals surface area contributed by atoms with E-state index in [9.17, 15) is 13.2 Å². The van der Waals surface area contributed by atoms with Gasteiger partial charge in [0.2, 0.25) is 5.88 Å². The SMILES string of the molecule is CCn1cc(C(F)(F)F)nc1-c1ccc(Cn2ccc(Br)n2)c(-c2c(OC)ncnc2C2CC2)c1. The minimum Gasteiger partial charge on any atom is -0.480 e. The van der Waals surface area contributed by atoms with Crippen LogP contribution in [0.15, 0.2) is 47.6 Å². The highest BCUT2D eigenvalue weighted by molar-refractivity contribution is 9.10. The molecule has 1 aliphatic rings. The molecule has 1 fully saturated rings. The van der Waals surface area contributed by atoms with Crippen molar-refractivity contribution in [2.45, 2.75) is 44.9 Å². The number of methoxy groups -OCH3 is 1. The zero-order valence-corrected chi connectivity index (χ0v) is 20.6. The van der Waals surface area contributed by atoms with Gasteiger partial charge >= 0.3 is 6.18 Å². The van der Waals surface area contributed by atoms with Crippen LogP contribution in [0.5, 0.6) is 5.88 Å². The average Bonchev–Trinajstić information content (AvgIpc) is 3.45. The Labute approximate surface area is 208 Å². The molecule has 11 heteroatoms. The molecule has 0 aliphatic heterocycles. The first-order chi connectivity index (χ1) is 16.8. The summed E-state index contributed by atoms with van der Waals surface area (Å²) in [5.74, 6) is 0.974. The van der Waals surface area contributed by atoms with E-state index in [-0.39, 0.29) is 5.82 Å². The van der Waals surface area contributed by atoms with Crippen LogP contribution in [0.2, 0.25) is 0 Å². The summed E-state index contributed by atoms with van der Waals surface area (Å²) >= 11 is 3.37. The van der Waals surface area contributed by atoms with E-state index in [0.717, 1.165) is 41.4 Å². The molecule has 0 atom stereocenters. The van der Waals surface area contributed by atoms with Gasteiger partial charge < -0.3 is 9.30 Å². The Balaban J connectivity index is 1.71.